The molecule has 4 heteroatoms. The van der Waals surface area contributed by atoms with Crippen LogP contribution in [0.25, 0.3) is 0 Å². The van der Waals surface area contributed by atoms with Crippen molar-refractivity contribution in [3.8, 4) is 0 Å². The molecule has 0 aromatic carbocycles. The molecule has 0 aliphatic heterocycles. The van der Waals surface area contributed by atoms with E-state index in [0.717, 1.165) is 57.8 Å². The molecule has 0 aromatic heterocycles. The average Bonchev–Trinajstić information content (AvgIpc) is 2.36. The number of hydrogen-bond donors (Lipinski definition) is 4. The van der Waals surface area contributed by atoms with Gasteiger partial charge in [0.2, 0.25) is 0 Å². The van der Waals surface area contributed by atoms with Gasteiger partial charge in [-0.05, 0) is 12.8 Å². The molecule has 0 spiro atoms. The van der Waals surface area contributed by atoms with Gasteiger partial charge in [0.15, 0.2) is 11.6 Å². The molecule has 0 atom stereocenters. The van der Waals surface area contributed by atoms with Crippen LogP contribution in [0.5, 0.6) is 0 Å². The van der Waals surface area contributed by atoms with Crippen molar-refractivity contribution in [1.82, 2.24) is 0 Å². The lowest BCUT2D eigenvalue weighted by Crippen LogP contribution is -2.27. The Bertz CT molecular complexity index is 215. The van der Waals surface area contributed by atoms with Gasteiger partial charge in [0.05, 0.1) is 0 Å². The molecule has 0 aromatic rings. The minimum Gasteiger partial charge on any atom is -0.366 e. The summed E-state index contributed by atoms with van der Waals surface area (Å²) in [5.74, 6) is -2.95. The van der Waals surface area contributed by atoms with Gasteiger partial charge in [0, 0.05) is 25.7 Å². The lowest BCUT2D eigenvalue weighted by atomic mass is 10.00. The fourth-order valence-electron chi connectivity index (χ4n) is 2.75. The van der Waals surface area contributed by atoms with Crippen molar-refractivity contribution < 1.29 is 20.4 Å². The molecule has 0 saturated carbocycles. The molecule has 0 saturated heterocycles. The highest BCUT2D eigenvalue weighted by molar-refractivity contribution is 4.65. The van der Waals surface area contributed by atoms with E-state index in [9.17, 15) is 20.4 Å². The first-order valence-corrected chi connectivity index (χ1v) is 8.72. The van der Waals surface area contributed by atoms with Gasteiger partial charge >= 0.3 is 0 Å². The van der Waals surface area contributed by atoms with E-state index in [-0.39, 0.29) is 0 Å². The van der Waals surface area contributed by atoms with E-state index in [1.165, 1.54) is 0 Å². The van der Waals surface area contributed by atoms with Gasteiger partial charge in [0.25, 0.3) is 0 Å². The molecule has 21 heavy (non-hydrogen) atoms. The third-order valence-corrected chi connectivity index (χ3v) is 3.96. The lowest BCUT2D eigenvalue weighted by molar-refractivity contribution is -0.171. The summed E-state index contributed by atoms with van der Waals surface area (Å²) < 4.78 is 0. The SMILES string of the molecule is CCCC(O)(O)CCCCCCCCCC(O)(O)CCC. The van der Waals surface area contributed by atoms with Crippen LogP contribution in [0.3, 0.4) is 0 Å². The lowest BCUT2D eigenvalue weighted by Gasteiger charge is -2.21. The first-order valence-electron chi connectivity index (χ1n) is 8.72. The van der Waals surface area contributed by atoms with Crippen molar-refractivity contribution in [2.24, 2.45) is 0 Å². The van der Waals surface area contributed by atoms with Gasteiger partial charge < -0.3 is 20.4 Å². The van der Waals surface area contributed by atoms with Gasteiger partial charge in [0.1, 0.15) is 0 Å². The van der Waals surface area contributed by atoms with Crippen LogP contribution in [0, 0.1) is 0 Å². The van der Waals surface area contributed by atoms with Crippen LogP contribution < -0.4 is 0 Å². The molecular formula is C17H36O4. The second-order valence-corrected chi connectivity index (χ2v) is 6.44. The van der Waals surface area contributed by atoms with Crippen LogP contribution in [-0.4, -0.2) is 32.0 Å². The van der Waals surface area contributed by atoms with E-state index in [4.69, 9.17) is 0 Å². The van der Waals surface area contributed by atoms with E-state index in [1.807, 2.05) is 13.8 Å². The second kappa shape index (κ2) is 11.4. The molecule has 0 radical (unpaired) electrons. The number of hydrogen-bond acceptors (Lipinski definition) is 4. The number of unbranched alkanes of at least 4 members (excludes halogenated alkanes) is 6. The predicted octanol–water partition coefficient (Wildman–Crippen LogP) is 3.46. The fourth-order valence-corrected chi connectivity index (χ4v) is 2.75. The Morgan fingerprint density at radius 1 is 0.476 bits per heavy atom. The van der Waals surface area contributed by atoms with Crippen LogP contribution in [-0.2, 0) is 0 Å². The Hall–Kier alpha value is -0.160. The highest BCUT2D eigenvalue weighted by Crippen LogP contribution is 2.20. The Morgan fingerprint density at radius 3 is 1.05 bits per heavy atom. The van der Waals surface area contributed by atoms with Crippen LogP contribution >= 0.6 is 0 Å². The van der Waals surface area contributed by atoms with Gasteiger partial charge in [-0.3, -0.25) is 0 Å². The third-order valence-electron chi connectivity index (χ3n) is 3.96. The van der Waals surface area contributed by atoms with Gasteiger partial charge in [-0.1, -0.05) is 58.8 Å². The van der Waals surface area contributed by atoms with E-state index >= 15 is 0 Å². The van der Waals surface area contributed by atoms with Crippen molar-refractivity contribution in [1.29, 1.82) is 0 Å². The Kier molecular flexibility index (Phi) is 11.3. The zero-order chi connectivity index (χ0) is 16.2. The van der Waals surface area contributed by atoms with Crippen molar-refractivity contribution >= 4 is 0 Å². The van der Waals surface area contributed by atoms with E-state index in [2.05, 4.69) is 0 Å². The fraction of sp³-hybridized carbons (Fsp3) is 1.00. The van der Waals surface area contributed by atoms with Crippen molar-refractivity contribution in [2.75, 3.05) is 0 Å². The molecule has 4 N–H and O–H groups in total. The van der Waals surface area contributed by atoms with Gasteiger partial charge in [-0.25, -0.2) is 0 Å². The molecule has 0 bridgehead atoms. The highest BCUT2D eigenvalue weighted by atomic mass is 16.5. The number of aliphatic hydroxyl groups is 4. The predicted molar refractivity (Wildman–Crippen MR) is 85.7 cm³/mol. The molecule has 0 heterocycles. The monoisotopic (exact) mass is 304 g/mol. The first kappa shape index (κ1) is 20.8. The Balaban J connectivity index is 3.37. The molecule has 0 rings (SSSR count). The van der Waals surface area contributed by atoms with Crippen LogP contribution in [0.1, 0.15) is 97.3 Å². The van der Waals surface area contributed by atoms with Crippen LogP contribution in [0.2, 0.25) is 0 Å². The standard InChI is InChI=1S/C17H36O4/c1-3-12-16(18,19)14-10-8-6-5-7-9-11-15-17(20,21)13-4-2/h18-21H,3-15H2,1-2H3. The van der Waals surface area contributed by atoms with E-state index in [1.54, 1.807) is 0 Å². The van der Waals surface area contributed by atoms with E-state index < -0.39 is 11.6 Å². The minimum atomic E-state index is -1.47. The van der Waals surface area contributed by atoms with E-state index in [0.29, 0.717) is 25.7 Å². The summed E-state index contributed by atoms with van der Waals surface area (Å²) >= 11 is 0. The van der Waals surface area contributed by atoms with Crippen molar-refractivity contribution in [3.63, 3.8) is 0 Å². The molecule has 0 aliphatic rings. The maximum Gasteiger partial charge on any atom is 0.162 e. The molecule has 0 aliphatic carbocycles. The third kappa shape index (κ3) is 13.2. The van der Waals surface area contributed by atoms with Crippen LogP contribution in [0.15, 0.2) is 0 Å². The summed E-state index contributed by atoms with van der Waals surface area (Å²) in [5.41, 5.74) is 0. The summed E-state index contributed by atoms with van der Waals surface area (Å²) in [6.45, 7) is 3.91. The summed E-state index contributed by atoms with van der Waals surface area (Å²) in [5, 5.41) is 38.5. The molecule has 0 fully saturated rings. The number of rotatable bonds is 14. The van der Waals surface area contributed by atoms with Gasteiger partial charge in [-0.15, -0.1) is 0 Å². The maximum absolute atomic E-state index is 9.62. The van der Waals surface area contributed by atoms with Crippen LogP contribution in [0.4, 0.5) is 0 Å². The molecule has 4 nitrogen and oxygen atoms in total. The maximum atomic E-state index is 9.62. The summed E-state index contributed by atoms with van der Waals surface area (Å²) in [4.78, 5) is 0. The van der Waals surface area contributed by atoms with Gasteiger partial charge in [-0.2, -0.15) is 0 Å². The second-order valence-electron chi connectivity index (χ2n) is 6.44. The zero-order valence-electron chi connectivity index (χ0n) is 14.0. The molecular weight excluding hydrogens is 268 g/mol. The quantitative estimate of drug-likeness (QED) is 0.293. The van der Waals surface area contributed by atoms with Crippen molar-refractivity contribution in [2.45, 2.75) is 109 Å². The van der Waals surface area contributed by atoms with Crippen molar-refractivity contribution in [3.05, 3.63) is 0 Å². The summed E-state index contributed by atoms with van der Waals surface area (Å²) in [6, 6.07) is 0. The average molecular weight is 304 g/mol. The molecule has 128 valence electrons. The minimum absolute atomic E-state index is 0.453. The first-order chi connectivity index (χ1) is 9.83. The normalized spacial score (nSPS) is 12.9. The Morgan fingerprint density at radius 2 is 0.762 bits per heavy atom. The zero-order valence-corrected chi connectivity index (χ0v) is 14.0. The summed E-state index contributed by atoms with van der Waals surface area (Å²) in [6.07, 6.45) is 10.6. The molecule has 0 amide bonds. The highest BCUT2D eigenvalue weighted by Gasteiger charge is 2.21. The summed E-state index contributed by atoms with van der Waals surface area (Å²) in [7, 11) is 0. The Labute approximate surface area is 130 Å². The largest absolute Gasteiger partial charge is 0.366 e. The topological polar surface area (TPSA) is 80.9 Å². The smallest absolute Gasteiger partial charge is 0.162 e. The molecule has 0 unspecified atom stereocenters.